The van der Waals surface area contributed by atoms with Crippen LogP contribution in [-0.2, 0) is 16.1 Å². The Kier molecular flexibility index (Phi) is 4.99. The summed E-state index contributed by atoms with van der Waals surface area (Å²) in [4.78, 5) is 38.3. The highest BCUT2D eigenvalue weighted by atomic mass is 35.5. The van der Waals surface area contributed by atoms with E-state index in [2.05, 4.69) is 10.6 Å². The van der Waals surface area contributed by atoms with Gasteiger partial charge in [0.15, 0.2) is 0 Å². The summed E-state index contributed by atoms with van der Waals surface area (Å²) in [7, 11) is 0. The highest BCUT2D eigenvalue weighted by Gasteiger charge is 2.55. The van der Waals surface area contributed by atoms with E-state index < -0.39 is 11.6 Å². The Morgan fingerprint density at radius 3 is 2.72 bits per heavy atom. The lowest BCUT2D eigenvalue weighted by molar-refractivity contribution is -0.137. The number of nitrogens with zero attached hydrogens (tertiary/aromatic N) is 1. The molecule has 1 aliphatic carbocycles. The molecular weight excluding hydrogens is 342 g/mol. The molecule has 134 valence electrons. The molecule has 2 unspecified atom stereocenters. The van der Waals surface area contributed by atoms with Crippen molar-refractivity contribution in [1.29, 1.82) is 0 Å². The average Bonchev–Trinajstić information content (AvgIpc) is 2.82. The van der Waals surface area contributed by atoms with Crippen LogP contribution >= 0.6 is 11.6 Å². The summed E-state index contributed by atoms with van der Waals surface area (Å²) < 4.78 is 0. The maximum atomic E-state index is 12.8. The van der Waals surface area contributed by atoms with Gasteiger partial charge in [0.1, 0.15) is 12.1 Å². The average molecular weight is 364 g/mol. The lowest BCUT2D eigenvalue weighted by Crippen LogP contribution is -2.54. The monoisotopic (exact) mass is 363 g/mol. The lowest BCUT2D eigenvalue weighted by Gasteiger charge is -2.36. The summed E-state index contributed by atoms with van der Waals surface area (Å²) in [5, 5.41) is 6.21. The second-order valence-electron chi connectivity index (χ2n) is 6.84. The standard InChI is InChI=1S/C18H22ClN3O3/c1-12-4-2-3-9-18(12)16(24)22(17(25)21-18)11-15(23)20-10-13-5-7-14(19)8-6-13/h5-8,12H,2-4,9-11H2,1H3,(H,20,23)(H,21,25). The molecule has 0 bridgehead atoms. The predicted molar refractivity (Wildman–Crippen MR) is 93.9 cm³/mol. The number of benzene rings is 1. The van der Waals surface area contributed by atoms with E-state index in [0.29, 0.717) is 18.0 Å². The van der Waals surface area contributed by atoms with Crippen molar-refractivity contribution < 1.29 is 14.4 Å². The van der Waals surface area contributed by atoms with E-state index in [1.54, 1.807) is 12.1 Å². The van der Waals surface area contributed by atoms with Gasteiger partial charge in [0.05, 0.1) is 0 Å². The van der Waals surface area contributed by atoms with Crippen molar-refractivity contribution in [2.75, 3.05) is 6.54 Å². The molecular formula is C18H22ClN3O3. The molecule has 1 aromatic rings. The number of amides is 4. The van der Waals surface area contributed by atoms with Gasteiger partial charge in [0.25, 0.3) is 5.91 Å². The van der Waals surface area contributed by atoms with Crippen LogP contribution in [0.15, 0.2) is 24.3 Å². The number of nitrogens with one attached hydrogen (secondary N) is 2. The Balaban J connectivity index is 1.60. The van der Waals surface area contributed by atoms with Crippen LogP contribution in [0.25, 0.3) is 0 Å². The van der Waals surface area contributed by atoms with E-state index in [9.17, 15) is 14.4 Å². The topological polar surface area (TPSA) is 78.5 Å². The van der Waals surface area contributed by atoms with Crippen molar-refractivity contribution in [2.45, 2.75) is 44.7 Å². The number of hydrogen-bond acceptors (Lipinski definition) is 3. The third-order valence-corrected chi connectivity index (χ3v) is 5.46. The van der Waals surface area contributed by atoms with E-state index in [1.165, 1.54) is 0 Å². The van der Waals surface area contributed by atoms with Crippen molar-refractivity contribution in [3.8, 4) is 0 Å². The zero-order valence-electron chi connectivity index (χ0n) is 14.2. The van der Waals surface area contributed by atoms with Crippen LogP contribution in [0.1, 0.15) is 38.2 Å². The molecule has 1 heterocycles. The lowest BCUT2D eigenvalue weighted by atomic mass is 9.73. The molecule has 1 saturated heterocycles. The van der Waals surface area contributed by atoms with Crippen LogP contribution in [0.2, 0.25) is 5.02 Å². The van der Waals surface area contributed by atoms with Crippen LogP contribution < -0.4 is 10.6 Å². The Bertz CT molecular complexity index is 691. The van der Waals surface area contributed by atoms with Crippen LogP contribution in [0, 0.1) is 5.92 Å². The van der Waals surface area contributed by atoms with Crippen LogP contribution in [0.5, 0.6) is 0 Å². The molecule has 1 aliphatic heterocycles. The summed E-state index contributed by atoms with van der Waals surface area (Å²) >= 11 is 5.83. The highest BCUT2D eigenvalue weighted by molar-refractivity contribution is 6.30. The van der Waals surface area contributed by atoms with Gasteiger partial charge in [-0.05, 0) is 36.5 Å². The number of hydrogen-bond donors (Lipinski definition) is 2. The fourth-order valence-electron chi connectivity index (χ4n) is 3.64. The number of halogens is 1. The first-order valence-corrected chi connectivity index (χ1v) is 8.95. The van der Waals surface area contributed by atoms with Gasteiger partial charge in [-0.25, -0.2) is 4.79 Å². The number of urea groups is 1. The SMILES string of the molecule is CC1CCCCC12NC(=O)N(CC(=O)NCc1ccc(Cl)cc1)C2=O. The molecule has 6 nitrogen and oxygen atoms in total. The van der Waals surface area contributed by atoms with Gasteiger partial charge < -0.3 is 10.6 Å². The number of carbonyl (C=O) groups excluding carboxylic acids is 3. The van der Waals surface area contributed by atoms with Gasteiger partial charge in [-0.2, -0.15) is 0 Å². The van der Waals surface area contributed by atoms with E-state index in [4.69, 9.17) is 11.6 Å². The van der Waals surface area contributed by atoms with E-state index in [-0.39, 0.29) is 24.3 Å². The smallest absolute Gasteiger partial charge is 0.325 e. The van der Waals surface area contributed by atoms with Crippen molar-refractivity contribution in [2.24, 2.45) is 5.92 Å². The van der Waals surface area contributed by atoms with Crippen molar-refractivity contribution in [3.05, 3.63) is 34.9 Å². The molecule has 0 radical (unpaired) electrons. The highest BCUT2D eigenvalue weighted by Crippen LogP contribution is 2.38. The summed E-state index contributed by atoms with van der Waals surface area (Å²) in [5.74, 6) is -0.551. The zero-order valence-corrected chi connectivity index (χ0v) is 14.9. The van der Waals surface area contributed by atoms with Crippen LogP contribution in [0.3, 0.4) is 0 Å². The van der Waals surface area contributed by atoms with Crippen molar-refractivity contribution in [1.82, 2.24) is 15.5 Å². The zero-order chi connectivity index (χ0) is 18.0. The van der Waals surface area contributed by atoms with Gasteiger partial charge in [0.2, 0.25) is 5.91 Å². The second kappa shape index (κ2) is 7.04. The van der Waals surface area contributed by atoms with Gasteiger partial charge in [0, 0.05) is 11.6 Å². The molecule has 1 aromatic carbocycles. The van der Waals surface area contributed by atoms with Gasteiger partial charge in [-0.3, -0.25) is 14.5 Å². The molecule has 1 saturated carbocycles. The Morgan fingerprint density at radius 2 is 2.04 bits per heavy atom. The Labute approximate surface area is 151 Å². The molecule has 1 spiro atoms. The molecule has 2 fully saturated rings. The third-order valence-electron chi connectivity index (χ3n) is 5.21. The summed E-state index contributed by atoms with van der Waals surface area (Å²) in [5.41, 5.74) is 0.0681. The molecule has 2 atom stereocenters. The molecule has 0 aromatic heterocycles. The quantitative estimate of drug-likeness (QED) is 0.806. The van der Waals surface area contributed by atoms with Gasteiger partial charge in [-0.15, -0.1) is 0 Å². The fraction of sp³-hybridized carbons (Fsp3) is 0.500. The molecule has 7 heteroatoms. The van der Waals surface area contributed by atoms with Crippen molar-refractivity contribution in [3.63, 3.8) is 0 Å². The molecule has 2 N–H and O–H groups in total. The minimum atomic E-state index is -0.828. The fourth-order valence-corrected chi connectivity index (χ4v) is 3.77. The minimum Gasteiger partial charge on any atom is -0.350 e. The normalized spacial score (nSPS) is 26.0. The first-order valence-electron chi connectivity index (χ1n) is 8.57. The first kappa shape index (κ1) is 17.7. The van der Waals surface area contributed by atoms with Gasteiger partial charge >= 0.3 is 6.03 Å². The molecule has 25 heavy (non-hydrogen) atoms. The predicted octanol–water partition coefficient (Wildman–Crippen LogP) is 2.46. The van der Waals surface area contributed by atoms with Gasteiger partial charge in [-0.1, -0.05) is 43.5 Å². The molecule has 4 amide bonds. The molecule has 3 rings (SSSR count). The second-order valence-corrected chi connectivity index (χ2v) is 7.28. The van der Waals surface area contributed by atoms with E-state index >= 15 is 0 Å². The Morgan fingerprint density at radius 1 is 1.32 bits per heavy atom. The van der Waals surface area contributed by atoms with Crippen molar-refractivity contribution >= 4 is 29.4 Å². The maximum absolute atomic E-state index is 12.8. The third kappa shape index (κ3) is 3.49. The summed E-state index contributed by atoms with van der Waals surface area (Å²) in [6, 6.07) is 6.65. The first-order chi connectivity index (χ1) is 11.9. The van der Waals surface area contributed by atoms with Crippen LogP contribution in [-0.4, -0.2) is 34.8 Å². The van der Waals surface area contributed by atoms with E-state index in [1.807, 2.05) is 19.1 Å². The molecule has 2 aliphatic rings. The summed E-state index contributed by atoms with van der Waals surface area (Å²) in [6.45, 7) is 2.05. The van der Waals surface area contributed by atoms with E-state index in [0.717, 1.165) is 29.7 Å². The minimum absolute atomic E-state index is 0.0832. The number of rotatable bonds is 4. The number of carbonyl (C=O) groups is 3. The summed E-state index contributed by atoms with van der Waals surface area (Å²) in [6.07, 6.45) is 3.52. The largest absolute Gasteiger partial charge is 0.350 e. The Hall–Kier alpha value is -2.08. The van der Waals surface area contributed by atoms with Crippen LogP contribution in [0.4, 0.5) is 4.79 Å². The maximum Gasteiger partial charge on any atom is 0.325 e. The number of imide groups is 1.